The maximum Gasteiger partial charge on any atom is 0.274 e. The van der Waals surface area contributed by atoms with E-state index in [1.54, 1.807) is 24.3 Å². The van der Waals surface area contributed by atoms with Crippen molar-refractivity contribution in [3.63, 3.8) is 0 Å². The maximum absolute atomic E-state index is 13.3. The number of hydrogen-bond acceptors (Lipinski definition) is 8. The number of ether oxygens (including phenoxy) is 1. The van der Waals surface area contributed by atoms with Crippen LogP contribution in [-0.2, 0) is 13.0 Å². The topological polar surface area (TPSA) is 163 Å². The molecule has 0 saturated carbocycles. The van der Waals surface area contributed by atoms with Gasteiger partial charge in [-0.25, -0.2) is 4.98 Å². The fourth-order valence-electron chi connectivity index (χ4n) is 6.03. The summed E-state index contributed by atoms with van der Waals surface area (Å²) in [6.07, 6.45) is 6.47. The lowest BCUT2D eigenvalue weighted by Crippen LogP contribution is -2.48. The quantitative estimate of drug-likeness (QED) is 0.173. The van der Waals surface area contributed by atoms with Gasteiger partial charge in [0, 0.05) is 34.8 Å². The van der Waals surface area contributed by atoms with Crippen LogP contribution in [0.2, 0.25) is 0 Å². The Morgan fingerprint density at radius 3 is 2.75 bits per heavy atom. The minimum atomic E-state index is -0.311. The van der Waals surface area contributed by atoms with Gasteiger partial charge in [0.1, 0.15) is 17.3 Å². The molecule has 2 aromatic heterocycles. The number of nitrogens with two attached hydrogens (primary N) is 1. The van der Waals surface area contributed by atoms with Crippen LogP contribution in [0, 0.1) is 5.41 Å². The highest BCUT2D eigenvalue weighted by atomic mass is 16.5. The van der Waals surface area contributed by atoms with E-state index < -0.39 is 0 Å². The number of piperidine rings is 1. The van der Waals surface area contributed by atoms with Crippen LogP contribution in [0.3, 0.4) is 0 Å². The van der Waals surface area contributed by atoms with Crippen molar-refractivity contribution >= 4 is 16.9 Å². The zero-order valence-electron chi connectivity index (χ0n) is 23.3. The van der Waals surface area contributed by atoms with Crippen molar-refractivity contribution in [1.29, 1.82) is 5.41 Å². The Hall–Kier alpha value is -4.12. The summed E-state index contributed by atoms with van der Waals surface area (Å²) in [5.74, 6) is 1.04. The number of amidine groups is 1. The van der Waals surface area contributed by atoms with Gasteiger partial charge in [-0.3, -0.25) is 15.1 Å². The van der Waals surface area contributed by atoms with Crippen molar-refractivity contribution in [2.45, 2.75) is 84.0 Å². The molecule has 0 amide bonds. The fourth-order valence-corrected chi connectivity index (χ4v) is 6.03. The highest BCUT2D eigenvalue weighted by molar-refractivity contribution is 5.96. The van der Waals surface area contributed by atoms with Gasteiger partial charge in [0.15, 0.2) is 6.61 Å². The van der Waals surface area contributed by atoms with Crippen molar-refractivity contribution in [1.82, 2.24) is 35.5 Å². The summed E-state index contributed by atoms with van der Waals surface area (Å²) in [6.45, 7) is 7.14. The molecule has 5 N–H and O–H groups in total. The molecule has 0 spiro atoms. The summed E-state index contributed by atoms with van der Waals surface area (Å²) in [6, 6.07) is 12.4. The number of nitrogen functional groups attached to an aromatic ring is 1. The molecule has 1 aliphatic rings. The van der Waals surface area contributed by atoms with Crippen LogP contribution < -0.4 is 16.0 Å². The number of aromatic amines is 2. The SMILES string of the molecule is CC(CCCc1c(OCc2nn[nH]n2)ccc2nc(-c3cccc(C(=N)N)c3)c(=O)[nH]c12)N1C(C)CCCC1C. The van der Waals surface area contributed by atoms with Gasteiger partial charge in [-0.15, -0.1) is 10.2 Å². The number of nitrogens with zero attached hydrogens (tertiary/aromatic N) is 5. The molecule has 3 heterocycles. The second kappa shape index (κ2) is 12.0. The molecule has 0 aliphatic carbocycles. The number of nitrogens with one attached hydrogen (secondary N) is 3. The first-order valence-corrected chi connectivity index (χ1v) is 13.9. The van der Waals surface area contributed by atoms with E-state index in [-0.39, 0.29) is 23.7 Å². The van der Waals surface area contributed by atoms with E-state index in [4.69, 9.17) is 20.9 Å². The monoisotopic (exact) mass is 543 g/mol. The Morgan fingerprint density at radius 2 is 2.02 bits per heavy atom. The predicted octanol–water partition coefficient (Wildman–Crippen LogP) is 3.94. The standard InChI is InChI=1S/C29H37N9O2/c1-17-7-4-8-18(2)38(17)19(3)9-5-12-22-24(40-16-25-34-36-37-35-25)14-13-23-27(22)33-29(39)26(32-23)20-10-6-11-21(15-20)28(30)31/h6,10-11,13-15,17-19H,4-5,7-9,12,16H2,1-3H3,(H3,30,31)(H,33,39)(H,34,35,36,37). The molecule has 2 aromatic carbocycles. The molecule has 11 nitrogen and oxygen atoms in total. The highest BCUT2D eigenvalue weighted by Gasteiger charge is 2.28. The van der Waals surface area contributed by atoms with Gasteiger partial charge in [0.05, 0.1) is 11.0 Å². The normalized spacial score (nSPS) is 18.6. The lowest BCUT2D eigenvalue weighted by Gasteiger charge is -2.43. The molecular weight excluding hydrogens is 506 g/mol. The second-order valence-corrected chi connectivity index (χ2v) is 10.8. The first-order chi connectivity index (χ1) is 19.3. The molecule has 11 heteroatoms. The summed E-state index contributed by atoms with van der Waals surface area (Å²) in [4.78, 5) is 23.8. The number of rotatable bonds is 10. The number of aromatic nitrogens is 6. The molecule has 0 bridgehead atoms. The third kappa shape index (κ3) is 5.89. The number of likely N-dealkylation sites (tertiary alicyclic amines) is 1. The Labute approximate surface area is 233 Å². The summed E-state index contributed by atoms with van der Waals surface area (Å²) in [7, 11) is 0. The zero-order chi connectivity index (χ0) is 28.2. The second-order valence-electron chi connectivity index (χ2n) is 10.8. The summed E-state index contributed by atoms with van der Waals surface area (Å²) < 4.78 is 6.11. The molecule has 1 saturated heterocycles. The van der Waals surface area contributed by atoms with Crippen molar-refractivity contribution in [2.75, 3.05) is 0 Å². The van der Waals surface area contributed by atoms with Crippen molar-refractivity contribution < 1.29 is 4.74 Å². The van der Waals surface area contributed by atoms with Crippen LogP contribution in [0.4, 0.5) is 0 Å². The molecule has 1 fully saturated rings. The van der Waals surface area contributed by atoms with Gasteiger partial charge in [-0.2, -0.15) is 5.21 Å². The third-order valence-corrected chi connectivity index (χ3v) is 7.95. The summed E-state index contributed by atoms with van der Waals surface area (Å²) >= 11 is 0. The number of hydrogen-bond donors (Lipinski definition) is 4. The molecular formula is C29H37N9O2. The van der Waals surface area contributed by atoms with E-state index >= 15 is 0 Å². The van der Waals surface area contributed by atoms with Gasteiger partial charge in [0.25, 0.3) is 5.56 Å². The minimum absolute atomic E-state index is 0.0627. The van der Waals surface area contributed by atoms with E-state index in [0.717, 1.165) is 24.8 Å². The van der Waals surface area contributed by atoms with Crippen molar-refractivity contribution in [3.8, 4) is 17.0 Å². The number of fused-ring (bicyclic) bond motifs is 1. The molecule has 40 heavy (non-hydrogen) atoms. The summed E-state index contributed by atoms with van der Waals surface area (Å²) in [5.41, 5.74) is 9.01. The molecule has 3 unspecified atom stereocenters. The highest BCUT2D eigenvalue weighted by Crippen LogP contribution is 2.31. The number of H-pyrrole nitrogens is 2. The van der Waals surface area contributed by atoms with Gasteiger partial charge >= 0.3 is 0 Å². The molecule has 5 rings (SSSR count). The smallest absolute Gasteiger partial charge is 0.274 e. The van der Waals surface area contributed by atoms with Gasteiger partial charge in [-0.1, -0.05) is 29.8 Å². The van der Waals surface area contributed by atoms with Crippen LogP contribution >= 0.6 is 0 Å². The number of aryl methyl sites for hydroxylation is 1. The number of tetrazole rings is 1. The Morgan fingerprint density at radius 1 is 1.23 bits per heavy atom. The Bertz CT molecular complexity index is 1520. The molecule has 4 aromatic rings. The van der Waals surface area contributed by atoms with Gasteiger partial charge < -0.3 is 15.5 Å². The van der Waals surface area contributed by atoms with E-state index in [2.05, 4.69) is 51.3 Å². The Balaban J connectivity index is 1.45. The van der Waals surface area contributed by atoms with Crippen LogP contribution in [0.5, 0.6) is 5.75 Å². The maximum atomic E-state index is 13.3. The van der Waals surface area contributed by atoms with Crippen LogP contribution in [-0.4, -0.2) is 59.5 Å². The Kier molecular flexibility index (Phi) is 8.20. The van der Waals surface area contributed by atoms with E-state index in [9.17, 15) is 4.79 Å². The van der Waals surface area contributed by atoms with Crippen LogP contribution in [0.15, 0.2) is 41.2 Å². The predicted molar refractivity (Wildman–Crippen MR) is 154 cm³/mol. The molecule has 3 atom stereocenters. The number of benzene rings is 2. The fraction of sp³-hybridized carbons (Fsp3) is 0.448. The molecule has 1 aliphatic heterocycles. The third-order valence-electron chi connectivity index (χ3n) is 7.95. The average molecular weight is 544 g/mol. The van der Waals surface area contributed by atoms with E-state index in [1.807, 2.05) is 12.1 Å². The van der Waals surface area contributed by atoms with Crippen molar-refractivity contribution in [3.05, 3.63) is 63.7 Å². The van der Waals surface area contributed by atoms with Gasteiger partial charge in [-0.05, 0) is 71.1 Å². The van der Waals surface area contributed by atoms with E-state index in [0.29, 0.717) is 51.9 Å². The average Bonchev–Trinajstić information content (AvgIpc) is 3.46. The zero-order valence-corrected chi connectivity index (χ0v) is 23.3. The first-order valence-electron chi connectivity index (χ1n) is 13.9. The minimum Gasteiger partial charge on any atom is -0.485 e. The largest absolute Gasteiger partial charge is 0.485 e. The van der Waals surface area contributed by atoms with Gasteiger partial charge in [0.2, 0.25) is 5.82 Å². The lowest BCUT2D eigenvalue weighted by molar-refractivity contribution is 0.0580. The van der Waals surface area contributed by atoms with Crippen LogP contribution in [0.25, 0.3) is 22.3 Å². The van der Waals surface area contributed by atoms with E-state index in [1.165, 1.54) is 19.3 Å². The lowest BCUT2D eigenvalue weighted by atomic mass is 9.93. The van der Waals surface area contributed by atoms with Crippen LogP contribution in [0.1, 0.15) is 69.8 Å². The first kappa shape index (κ1) is 27.4. The molecule has 0 radical (unpaired) electrons. The van der Waals surface area contributed by atoms with Crippen molar-refractivity contribution in [2.24, 2.45) is 5.73 Å². The molecule has 210 valence electrons. The summed E-state index contributed by atoms with van der Waals surface area (Å²) in [5, 5.41) is 21.7.